The SMILES string of the molecule is N#Cc1ccc(F)c(CN(CC(=O)N2CCCC2)C[C@H]2CCCO2)c1. The molecule has 1 aromatic rings. The monoisotopic (exact) mass is 345 g/mol. The van der Waals surface area contributed by atoms with Crippen LogP contribution in [0.25, 0.3) is 0 Å². The molecule has 0 radical (unpaired) electrons. The van der Waals surface area contributed by atoms with Crippen molar-refractivity contribution in [2.24, 2.45) is 0 Å². The first-order chi connectivity index (χ1) is 12.2. The summed E-state index contributed by atoms with van der Waals surface area (Å²) in [7, 11) is 0. The highest BCUT2D eigenvalue weighted by Crippen LogP contribution is 2.18. The Hall–Kier alpha value is -1.97. The molecule has 1 amide bonds. The zero-order chi connectivity index (χ0) is 17.6. The molecule has 134 valence electrons. The van der Waals surface area contributed by atoms with Crippen LogP contribution in [0, 0.1) is 17.1 Å². The third-order valence-electron chi connectivity index (χ3n) is 4.87. The van der Waals surface area contributed by atoms with Crippen LogP contribution in [-0.2, 0) is 16.1 Å². The highest BCUT2D eigenvalue weighted by atomic mass is 19.1. The zero-order valence-corrected chi connectivity index (χ0v) is 14.4. The molecule has 5 nitrogen and oxygen atoms in total. The summed E-state index contributed by atoms with van der Waals surface area (Å²) < 4.78 is 19.8. The maximum atomic E-state index is 14.2. The molecule has 6 heteroatoms. The van der Waals surface area contributed by atoms with Crippen LogP contribution in [-0.4, -0.2) is 54.6 Å². The Morgan fingerprint density at radius 1 is 1.36 bits per heavy atom. The van der Waals surface area contributed by atoms with E-state index in [0.29, 0.717) is 24.2 Å². The summed E-state index contributed by atoms with van der Waals surface area (Å²) in [5, 5.41) is 9.04. The molecule has 2 fully saturated rings. The van der Waals surface area contributed by atoms with Crippen molar-refractivity contribution >= 4 is 5.91 Å². The Bertz CT molecular complexity index is 647. The van der Waals surface area contributed by atoms with Crippen LogP contribution in [0.1, 0.15) is 36.8 Å². The van der Waals surface area contributed by atoms with Gasteiger partial charge in [-0.1, -0.05) is 0 Å². The van der Waals surface area contributed by atoms with Gasteiger partial charge in [-0.3, -0.25) is 9.69 Å². The second-order valence-electron chi connectivity index (χ2n) is 6.81. The molecule has 0 unspecified atom stereocenters. The molecule has 3 rings (SSSR count). The third kappa shape index (κ3) is 4.77. The number of hydrogen-bond donors (Lipinski definition) is 0. The number of likely N-dealkylation sites (tertiary alicyclic amines) is 1. The van der Waals surface area contributed by atoms with Gasteiger partial charge in [-0.25, -0.2) is 4.39 Å². The number of nitrogens with zero attached hydrogens (tertiary/aromatic N) is 3. The molecule has 1 aromatic carbocycles. The van der Waals surface area contributed by atoms with E-state index in [1.165, 1.54) is 12.1 Å². The number of ether oxygens (including phenoxy) is 1. The minimum atomic E-state index is -0.343. The predicted molar refractivity (Wildman–Crippen MR) is 91.2 cm³/mol. The molecule has 0 aliphatic carbocycles. The zero-order valence-electron chi connectivity index (χ0n) is 14.4. The molecule has 0 spiro atoms. The maximum Gasteiger partial charge on any atom is 0.236 e. The van der Waals surface area contributed by atoms with Gasteiger partial charge in [0.25, 0.3) is 0 Å². The molecule has 1 atom stereocenters. The second-order valence-corrected chi connectivity index (χ2v) is 6.81. The fourth-order valence-electron chi connectivity index (χ4n) is 3.53. The number of hydrogen-bond acceptors (Lipinski definition) is 4. The summed E-state index contributed by atoms with van der Waals surface area (Å²) in [5.74, 6) is -0.252. The van der Waals surface area contributed by atoms with Gasteiger partial charge < -0.3 is 9.64 Å². The normalized spacial score (nSPS) is 20.2. The maximum absolute atomic E-state index is 14.2. The van der Waals surface area contributed by atoms with Crippen LogP contribution in [0.5, 0.6) is 0 Å². The highest BCUT2D eigenvalue weighted by molar-refractivity contribution is 5.78. The number of benzene rings is 1. The van der Waals surface area contributed by atoms with Crippen LogP contribution < -0.4 is 0 Å². The van der Waals surface area contributed by atoms with Crippen molar-refractivity contribution in [2.75, 3.05) is 32.8 Å². The Balaban J connectivity index is 1.70. The van der Waals surface area contributed by atoms with Crippen molar-refractivity contribution in [3.8, 4) is 6.07 Å². The average molecular weight is 345 g/mol. The van der Waals surface area contributed by atoms with Gasteiger partial charge in [0.15, 0.2) is 0 Å². The average Bonchev–Trinajstić information content (AvgIpc) is 3.30. The van der Waals surface area contributed by atoms with Crippen LogP contribution in [0.15, 0.2) is 18.2 Å². The summed E-state index contributed by atoms with van der Waals surface area (Å²) in [6.45, 7) is 3.54. The molecule has 25 heavy (non-hydrogen) atoms. The van der Waals surface area contributed by atoms with Crippen LogP contribution in [0.4, 0.5) is 4.39 Å². The van der Waals surface area contributed by atoms with E-state index in [1.807, 2.05) is 15.9 Å². The Morgan fingerprint density at radius 2 is 2.16 bits per heavy atom. The second kappa shape index (κ2) is 8.41. The molecule has 2 aliphatic rings. The minimum absolute atomic E-state index is 0.0901. The summed E-state index contributed by atoms with van der Waals surface area (Å²) in [5.41, 5.74) is 0.880. The first-order valence-electron chi connectivity index (χ1n) is 8.96. The van der Waals surface area contributed by atoms with E-state index in [-0.39, 0.29) is 24.4 Å². The number of carbonyl (C=O) groups excluding carboxylic acids is 1. The van der Waals surface area contributed by atoms with Gasteiger partial charge in [0.2, 0.25) is 5.91 Å². The lowest BCUT2D eigenvalue weighted by molar-refractivity contribution is -0.131. The standard InChI is InChI=1S/C19H24FN3O2/c20-18-6-5-15(11-21)10-16(18)12-22(13-17-4-3-9-25-17)14-19(24)23-7-1-2-8-23/h5-6,10,17H,1-4,7-9,12-14H2/t17-/m1/s1. The van der Waals surface area contributed by atoms with Gasteiger partial charge in [0.1, 0.15) is 5.82 Å². The summed E-state index contributed by atoms with van der Waals surface area (Å²) in [4.78, 5) is 16.4. The van der Waals surface area contributed by atoms with Crippen molar-refractivity contribution in [3.05, 3.63) is 35.1 Å². The molecule has 2 heterocycles. The first-order valence-corrected chi connectivity index (χ1v) is 8.96. The lowest BCUT2D eigenvalue weighted by Crippen LogP contribution is -2.41. The molecule has 2 aliphatic heterocycles. The Kier molecular flexibility index (Phi) is 6.00. The number of carbonyl (C=O) groups is 1. The smallest absolute Gasteiger partial charge is 0.236 e. The Morgan fingerprint density at radius 3 is 2.84 bits per heavy atom. The number of amides is 1. The number of nitriles is 1. The quantitative estimate of drug-likeness (QED) is 0.794. The lowest BCUT2D eigenvalue weighted by atomic mass is 10.1. The summed E-state index contributed by atoms with van der Waals surface area (Å²) in [6.07, 6.45) is 4.19. The molecule has 0 bridgehead atoms. The fraction of sp³-hybridized carbons (Fsp3) is 0.579. The molecular formula is C19H24FN3O2. The largest absolute Gasteiger partial charge is 0.377 e. The van der Waals surface area contributed by atoms with E-state index in [9.17, 15) is 9.18 Å². The first kappa shape index (κ1) is 17.8. The van der Waals surface area contributed by atoms with E-state index in [1.54, 1.807) is 6.07 Å². The van der Waals surface area contributed by atoms with Crippen LogP contribution in [0.3, 0.4) is 0 Å². The van der Waals surface area contributed by atoms with Crippen molar-refractivity contribution < 1.29 is 13.9 Å². The van der Waals surface area contributed by atoms with E-state index in [0.717, 1.165) is 45.4 Å². The number of rotatable bonds is 6. The van der Waals surface area contributed by atoms with Crippen LogP contribution >= 0.6 is 0 Å². The predicted octanol–water partition coefficient (Wildman–Crippen LogP) is 2.30. The van der Waals surface area contributed by atoms with Gasteiger partial charge in [0.05, 0.1) is 24.3 Å². The molecule has 0 aromatic heterocycles. The van der Waals surface area contributed by atoms with Gasteiger partial charge in [-0.2, -0.15) is 5.26 Å². The summed E-state index contributed by atoms with van der Waals surface area (Å²) >= 11 is 0. The topological polar surface area (TPSA) is 56.6 Å². The Labute approximate surface area is 148 Å². The molecule has 0 N–H and O–H groups in total. The van der Waals surface area contributed by atoms with Crippen molar-refractivity contribution in [1.82, 2.24) is 9.80 Å². The third-order valence-corrected chi connectivity index (χ3v) is 4.87. The van der Waals surface area contributed by atoms with Gasteiger partial charge >= 0.3 is 0 Å². The van der Waals surface area contributed by atoms with Gasteiger partial charge in [-0.15, -0.1) is 0 Å². The van der Waals surface area contributed by atoms with Crippen LogP contribution in [0.2, 0.25) is 0 Å². The van der Waals surface area contributed by atoms with Crippen molar-refractivity contribution in [1.29, 1.82) is 5.26 Å². The summed E-state index contributed by atoms with van der Waals surface area (Å²) in [6, 6.07) is 6.40. The molecule has 0 saturated carbocycles. The fourth-order valence-corrected chi connectivity index (χ4v) is 3.53. The van der Waals surface area contributed by atoms with E-state index in [4.69, 9.17) is 10.00 Å². The molecule has 2 saturated heterocycles. The minimum Gasteiger partial charge on any atom is -0.377 e. The van der Waals surface area contributed by atoms with E-state index < -0.39 is 0 Å². The van der Waals surface area contributed by atoms with E-state index >= 15 is 0 Å². The van der Waals surface area contributed by atoms with Gasteiger partial charge in [-0.05, 0) is 43.9 Å². The molecular weight excluding hydrogens is 321 g/mol. The van der Waals surface area contributed by atoms with E-state index in [2.05, 4.69) is 0 Å². The van der Waals surface area contributed by atoms with Crippen molar-refractivity contribution in [2.45, 2.75) is 38.3 Å². The van der Waals surface area contributed by atoms with Crippen molar-refractivity contribution in [3.63, 3.8) is 0 Å². The lowest BCUT2D eigenvalue weighted by Gasteiger charge is -2.27. The number of halogens is 1. The van der Waals surface area contributed by atoms with Gasteiger partial charge in [0, 0.05) is 38.3 Å². The highest BCUT2D eigenvalue weighted by Gasteiger charge is 2.25.